The summed E-state index contributed by atoms with van der Waals surface area (Å²) in [7, 11) is 1.28. The van der Waals surface area contributed by atoms with E-state index in [0.717, 1.165) is 4.90 Å². The molecule has 2 saturated heterocycles. The summed E-state index contributed by atoms with van der Waals surface area (Å²) >= 11 is 1.33. The number of rotatable bonds is 4. The SMILES string of the molecule is C/C=C1/NC(=O)C2CSC(=N2)[C@@H]2CCCN2C(=O)[C@@H](CC(C)C)NC(=O)[C@H](C)NC(=O)[C@@H](O)COC(=O)[C@H](C(C)C)N(C)C(=O)[C@H](C(C)O)NC(=O)C2CCCN2C1=O. The van der Waals surface area contributed by atoms with Gasteiger partial charge in [-0.3, -0.25) is 38.6 Å². The van der Waals surface area contributed by atoms with E-state index >= 15 is 0 Å². The van der Waals surface area contributed by atoms with Crippen molar-refractivity contribution in [3.8, 4) is 0 Å². The van der Waals surface area contributed by atoms with Crippen LogP contribution in [0.25, 0.3) is 0 Å². The third-order valence-electron chi connectivity index (χ3n) is 10.8. The van der Waals surface area contributed by atoms with Crippen molar-refractivity contribution in [1.82, 2.24) is 36.0 Å². The first-order chi connectivity index (χ1) is 27.8. The molecule has 0 radical (unpaired) electrons. The monoisotopic (exact) mass is 848 g/mol. The molecule has 20 heteroatoms. The number of ether oxygens (including phenoxy) is 1. The van der Waals surface area contributed by atoms with Gasteiger partial charge in [0.1, 0.15) is 48.6 Å². The highest BCUT2D eigenvalue weighted by Gasteiger charge is 2.43. The number of thioether (sulfide) groups is 1. The van der Waals surface area contributed by atoms with E-state index in [1.807, 2.05) is 13.8 Å². The van der Waals surface area contributed by atoms with Crippen molar-refractivity contribution >= 4 is 64.1 Å². The second kappa shape index (κ2) is 20.6. The van der Waals surface area contributed by atoms with Crippen molar-refractivity contribution in [3.63, 3.8) is 0 Å². The number of carbonyl (C=O) groups excluding carboxylic acids is 8. The Kier molecular flexibility index (Phi) is 16.5. The van der Waals surface area contributed by atoms with Crippen LogP contribution >= 0.6 is 11.8 Å². The van der Waals surface area contributed by atoms with Crippen molar-refractivity contribution in [2.24, 2.45) is 16.8 Å². The molecular formula is C39H60N8O11S. The van der Waals surface area contributed by atoms with Gasteiger partial charge in [0.15, 0.2) is 6.10 Å². The number of aliphatic hydroxyl groups is 2. The number of likely N-dealkylation sites (N-methyl/N-ethyl adjacent to an activating group) is 1. The molecule has 2 bridgehead atoms. The van der Waals surface area contributed by atoms with Gasteiger partial charge in [0.2, 0.25) is 29.5 Å². The number of hydrogen-bond acceptors (Lipinski definition) is 13. The lowest BCUT2D eigenvalue weighted by Gasteiger charge is -2.34. The highest BCUT2D eigenvalue weighted by Crippen LogP contribution is 2.30. The van der Waals surface area contributed by atoms with Crippen molar-refractivity contribution in [1.29, 1.82) is 0 Å². The number of hydrogen-bond donors (Lipinski definition) is 6. The van der Waals surface area contributed by atoms with Crippen LogP contribution in [-0.4, -0.2) is 164 Å². The van der Waals surface area contributed by atoms with E-state index in [4.69, 9.17) is 4.74 Å². The van der Waals surface area contributed by atoms with Crippen molar-refractivity contribution < 1.29 is 53.3 Å². The first-order valence-electron chi connectivity index (χ1n) is 20.3. The van der Waals surface area contributed by atoms with Gasteiger partial charge in [-0.1, -0.05) is 33.8 Å². The number of allylic oxidation sites excluding steroid dienone is 1. The Morgan fingerprint density at radius 3 is 2.12 bits per heavy atom. The Morgan fingerprint density at radius 2 is 1.51 bits per heavy atom. The fourth-order valence-electron chi connectivity index (χ4n) is 7.66. The van der Waals surface area contributed by atoms with Gasteiger partial charge in [0.25, 0.3) is 11.8 Å². The Bertz CT molecular complexity index is 1700. The van der Waals surface area contributed by atoms with Crippen LogP contribution in [-0.2, 0) is 43.1 Å². The third kappa shape index (κ3) is 11.4. The van der Waals surface area contributed by atoms with E-state index in [-0.39, 0.29) is 42.7 Å². The first kappa shape index (κ1) is 47.1. The summed E-state index contributed by atoms with van der Waals surface area (Å²) in [6, 6.07) is -7.40. The average Bonchev–Trinajstić information content (AvgIpc) is 3.97. The summed E-state index contributed by atoms with van der Waals surface area (Å²) < 4.78 is 5.27. The summed E-state index contributed by atoms with van der Waals surface area (Å²) in [5.41, 5.74) is -0.0711. The molecule has 0 saturated carbocycles. The van der Waals surface area contributed by atoms with Gasteiger partial charge in [0.05, 0.1) is 17.2 Å². The van der Waals surface area contributed by atoms with E-state index in [1.165, 1.54) is 43.6 Å². The molecule has 0 aromatic heterocycles. The largest absolute Gasteiger partial charge is 0.461 e. The van der Waals surface area contributed by atoms with Crippen LogP contribution in [0.1, 0.15) is 80.6 Å². The zero-order chi connectivity index (χ0) is 43.9. The van der Waals surface area contributed by atoms with Crippen LogP contribution in [0.4, 0.5) is 0 Å². The summed E-state index contributed by atoms with van der Waals surface area (Å²) in [6.45, 7) is 11.0. The number of nitrogens with one attached hydrogen (secondary N) is 4. The van der Waals surface area contributed by atoms with Gasteiger partial charge in [-0.15, -0.1) is 11.8 Å². The van der Waals surface area contributed by atoms with Gasteiger partial charge in [-0.2, -0.15) is 0 Å². The lowest BCUT2D eigenvalue weighted by atomic mass is 10.0. The van der Waals surface area contributed by atoms with E-state index in [0.29, 0.717) is 30.9 Å². The number of esters is 1. The van der Waals surface area contributed by atoms with E-state index in [9.17, 15) is 48.6 Å². The predicted octanol–water partition coefficient (Wildman–Crippen LogP) is -1.20. The fraction of sp³-hybridized carbons (Fsp3) is 0.718. The Morgan fingerprint density at radius 1 is 0.864 bits per heavy atom. The topological polar surface area (TPSA) is 256 Å². The van der Waals surface area contributed by atoms with E-state index < -0.39 is 108 Å². The molecule has 9 atom stereocenters. The molecular weight excluding hydrogens is 789 g/mol. The van der Waals surface area contributed by atoms with Crippen LogP contribution in [0.2, 0.25) is 0 Å². The Balaban J connectivity index is 1.66. The maximum atomic E-state index is 14.1. The minimum atomic E-state index is -1.91. The third-order valence-corrected chi connectivity index (χ3v) is 12.0. The van der Waals surface area contributed by atoms with Gasteiger partial charge >= 0.3 is 5.97 Å². The lowest BCUT2D eigenvalue weighted by Crippen LogP contribution is -2.60. The Hall–Kier alpha value is -4.56. The van der Waals surface area contributed by atoms with Crippen LogP contribution < -0.4 is 21.3 Å². The molecule has 4 heterocycles. The molecule has 2 fully saturated rings. The fourth-order valence-corrected chi connectivity index (χ4v) is 8.85. The molecule has 4 aliphatic rings. The molecule has 0 spiro atoms. The molecule has 4 rings (SSSR count). The maximum absolute atomic E-state index is 14.1. The second-order valence-corrected chi connectivity index (χ2v) is 17.3. The highest BCUT2D eigenvalue weighted by molar-refractivity contribution is 8.14. The minimum Gasteiger partial charge on any atom is -0.461 e. The number of carbonyl (C=O) groups is 8. The second-order valence-electron chi connectivity index (χ2n) is 16.3. The molecule has 7 amide bonds. The van der Waals surface area contributed by atoms with Gasteiger partial charge < -0.3 is 50.9 Å². The van der Waals surface area contributed by atoms with Crippen molar-refractivity contribution in [2.75, 3.05) is 32.5 Å². The van der Waals surface area contributed by atoms with Crippen LogP contribution in [0.5, 0.6) is 0 Å². The molecule has 4 aliphatic heterocycles. The summed E-state index contributed by atoms with van der Waals surface area (Å²) in [5, 5.41) is 32.2. The quantitative estimate of drug-likeness (QED) is 0.144. The number of cyclic esters (lactones) is 1. The molecule has 0 aromatic carbocycles. The molecule has 59 heavy (non-hydrogen) atoms. The molecule has 328 valence electrons. The first-order valence-corrected chi connectivity index (χ1v) is 21.2. The molecule has 19 nitrogen and oxygen atoms in total. The van der Waals surface area contributed by atoms with Crippen molar-refractivity contribution in [2.45, 2.75) is 135 Å². The standard InChI is InChI=1S/C39H60N8O11S/c1-9-23-36(54)46-14-10-12-26(46)33(52)44-29(22(7)48)38(56)45(8)30(20(4)5)39(57)58-17-28(49)34(53)40-21(6)31(50)42-24(16-19(2)3)37(55)47-15-11-13-27(47)35-43-25(18-59-35)32(51)41-23/h9,19-22,24-30,48-49H,10-18H2,1-8H3,(H,40,53)(H,41,51)(H,42,50)(H,44,52)/b23-9+/t21-,22?,24+,25?,26?,27-,28-,29-,30-/m0/s1. The Labute approximate surface area is 348 Å². The molecule has 3 unspecified atom stereocenters. The molecule has 0 aliphatic carbocycles. The zero-order valence-corrected chi connectivity index (χ0v) is 35.9. The summed E-state index contributed by atoms with van der Waals surface area (Å²) in [4.78, 5) is 117. The van der Waals surface area contributed by atoms with Crippen LogP contribution in [0, 0.1) is 11.8 Å². The maximum Gasteiger partial charge on any atom is 0.329 e. The molecule has 6 N–H and O–H groups in total. The zero-order valence-electron chi connectivity index (χ0n) is 35.1. The van der Waals surface area contributed by atoms with Gasteiger partial charge in [-0.25, -0.2) is 4.79 Å². The van der Waals surface area contributed by atoms with Crippen molar-refractivity contribution in [3.05, 3.63) is 11.8 Å². The highest BCUT2D eigenvalue weighted by atomic mass is 32.2. The predicted molar refractivity (Wildman–Crippen MR) is 216 cm³/mol. The average molecular weight is 849 g/mol. The number of aliphatic hydroxyl groups excluding tert-OH is 2. The number of amides is 7. The summed E-state index contributed by atoms with van der Waals surface area (Å²) in [5.74, 6) is -6.15. The van der Waals surface area contributed by atoms with Crippen LogP contribution in [0.3, 0.4) is 0 Å². The normalized spacial score (nSPS) is 31.6. The number of aliphatic imine (C=N–C) groups is 1. The smallest absolute Gasteiger partial charge is 0.329 e. The van der Waals surface area contributed by atoms with Gasteiger partial charge in [0, 0.05) is 25.9 Å². The van der Waals surface area contributed by atoms with E-state index in [1.54, 1.807) is 25.7 Å². The number of nitrogens with zero attached hydrogens (tertiary/aromatic N) is 4. The number of fused-ring (bicyclic) bond motifs is 4. The van der Waals surface area contributed by atoms with Gasteiger partial charge in [-0.05, 0) is 64.7 Å². The summed E-state index contributed by atoms with van der Waals surface area (Å²) in [6.07, 6.45) is 0.271. The van der Waals surface area contributed by atoms with E-state index in [2.05, 4.69) is 26.3 Å². The lowest BCUT2D eigenvalue weighted by molar-refractivity contribution is -0.161. The van der Waals surface area contributed by atoms with Crippen LogP contribution in [0.15, 0.2) is 16.8 Å². The minimum absolute atomic E-state index is 0.0114. The molecule has 0 aromatic rings.